The Morgan fingerprint density at radius 2 is 2.06 bits per heavy atom. The van der Waals surface area contributed by atoms with Crippen molar-refractivity contribution in [2.75, 3.05) is 13.1 Å². The second-order valence-electron chi connectivity index (χ2n) is 5.41. The Morgan fingerprint density at radius 1 is 1.33 bits per heavy atom. The van der Waals surface area contributed by atoms with Crippen molar-refractivity contribution in [1.82, 2.24) is 5.32 Å². The standard InChI is InChI=1S/C15H21BrFN/c1-2-18-11-15(7-3-4-8-15)10-12-5-6-14(17)13(16)9-12/h5-6,9,18H,2-4,7-8,10-11H2,1H3. The van der Waals surface area contributed by atoms with Gasteiger partial charge in [0, 0.05) is 6.54 Å². The first kappa shape index (κ1) is 14.0. The van der Waals surface area contributed by atoms with E-state index in [-0.39, 0.29) is 5.82 Å². The minimum Gasteiger partial charge on any atom is -0.316 e. The maximum Gasteiger partial charge on any atom is 0.137 e. The van der Waals surface area contributed by atoms with E-state index in [1.807, 2.05) is 12.1 Å². The van der Waals surface area contributed by atoms with Gasteiger partial charge in [-0.15, -0.1) is 0 Å². The van der Waals surface area contributed by atoms with Crippen LogP contribution in [0.4, 0.5) is 4.39 Å². The van der Waals surface area contributed by atoms with Crippen molar-refractivity contribution in [2.45, 2.75) is 39.0 Å². The fraction of sp³-hybridized carbons (Fsp3) is 0.600. The Kier molecular flexibility index (Phi) is 4.79. The van der Waals surface area contributed by atoms with Crippen LogP contribution in [0, 0.1) is 11.2 Å². The number of hydrogen-bond acceptors (Lipinski definition) is 1. The number of rotatable bonds is 5. The molecule has 18 heavy (non-hydrogen) atoms. The van der Waals surface area contributed by atoms with E-state index < -0.39 is 0 Å². The van der Waals surface area contributed by atoms with Gasteiger partial charge in [-0.05, 0) is 64.8 Å². The maximum absolute atomic E-state index is 13.3. The van der Waals surface area contributed by atoms with Crippen molar-refractivity contribution >= 4 is 15.9 Å². The third-order valence-electron chi connectivity index (χ3n) is 3.98. The minimum atomic E-state index is -0.175. The van der Waals surface area contributed by atoms with Crippen LogP contribution in [0.15, 0.2) is 22.7 Å². The lowest BCUT2D eigenvalue weighted by Gasteiger charge is -2.29. The zero-order chi connectivity index (χ0) is 13.0. The van der Waals surface area contributed by atoms with Gasteiger partial charge in [-0.1, -0.05) is 25.8 Å². The molecule has 0 radical (unpaired) electrons. The summed E-state index contributed by atoms with van der Waals surface area (Å²) in [6.45, 7) is 4.25. The SMILES string of the molecule is CCNCC1(Cc2ccc(F)c(Br)c2)CCCC1. The molecule has 0 bridgehead atoms. The lowest BCUT2D eigenvalue weighted by molar-refractivity contribution is 0.280. The van der Waals surface area contributed by atoms with E-state index in [1.165, 1.54) is 31.2 Å². The molecule has 1 aromatic carbocycles. The Morgan fingerprint density at radius 3 is 2.67 bits per heavy atom. The van der Waals surface area contributed by atoms with Crippen LogP contribution in [0.2, 0.25) is 0 Å². The average Bonchev–Trinajstić information content (AvgIpc) is 2.80. The van der Waals surface area contributed by atoms with E-state index in [0.717, 1.165) is 19.5 Å². The summed E-state index contributed by atoms with van der Waals surface area (Å²) >= 11 is 3.28. The topological polar surface area (TPSA) is 12.0 Å². The molecule has 0 spiro atoms. The molecule has 2 rings (SSSR count). The highest BCUT2D eigenvalue weighted by atomic mass is 79.9. The Bertz CT molecular complexity index is 399. The Hall–Kier alpha value is -0.410. The summed E-state index contributed by atoms with van der Waals surface area (Å²) in [6, 6.07) is 5.42. The lowest BCUT2D eigenvalue weighted by atomic mass is 9.80. The normalized spacial score (nSPS) is 18.2. The molecule has 0 atom stereocenters. The van der Waals surface area contributed by atoms with E-state index in [9.17, 15) is 4.39 Å². The number of hydrogen-bond donors (Lipinski definition) is 1. The summed E-state index contributed by atoms with van der Waals surface area (Å²) in [5.41, 5.74) is 1.62. The molecule has 0 unspecified atom stereocenters. The zero-order valence-corrected chi connectivity index (χ0v) is 12.5. The van der Waals surface area contributed by atoms with Crippen molar-refractivity contribution < 1.29 is 4.39 Å². The van der Waals surface area contributed by atoms with Crippen LogP contribution >= 0.6 is 15.9 Å². The average molecular weight is 314 g/mol. The third-order valence-corrected chi connectivity index (χ3v) is 4.59. The first-order chi connectivity index (χ1) is 8.65. The van der Waals surface area contributed by atoms with Gasteiger partial charge in [-0.25, -0.2) is 4.39 Å². The highest BCUT2D eigenvalue weighted by Gasteiger charge is 2.33. The highest BCUT2D eigenvalue weighted by molar-refractivity contribution is 9.10. The van der Waals surface area contributed by atoms with Crippen LogP contribution in [0.3, 0.4) is 0 Å². The predicted molar refractivity (Wildman–Crippen MR) is 77.2 cm³/mol. The summed E-state index contributed by atoms with van der Waals surface area (Å²) < 4.78 is 13.8. The van der Waals surface area contributed by atoms with Gasteiger partial charge in [-0.3, -0.25) is 0 Å². The van der Waals surface area contributed by atoms with E-state index in [0.29, 0.717) is 9.89 Å². The van der Waals surface area contributed by atoms with Crippen molar-refractivity contribution in [3.8, 4) is 0 Å². The smallest absolute Gasteiger partial charge is 0.137 e. The molecule has 3 heteroatoms. The molecule has 1 aliphatic carbocycles. The van der Waals surface area contributed by atoms with Gasteiger partial charge in [-0.2, -0.15) is 0 Å². The monoisotopic (exact) mass is 313 g/mol. The first-order valence-corrected chi connectivity index (χ1v) is 7.59. The summed E-state index contributed by atoms with van der Waals surface area (Å²) in [5, 5.41) is 3.49. The molecule has 1 saturated carbocycles. The van der Waals surface area contributed by atoms with Crippen LogP contribution in [0.1, 0.15) is 38.2 Å². The molecule has 1 N–H and O–H groups in total. The van der Waals surface area contributed by atoms with Gasteiger partial charge in [0.25, 0.3) is 0 Å². The number of nitrogens with one attached hydrogen (secondary N) is 1. The largest absolute Gasteiger partial charge is 0.316 e. The van der Waals surface area contributed by atoms with Gasteiger partial charge < -0.3 is 5.32 Å². The zero-order valence-electron chi connectivity index (χ0n) is 10.9. The molecular formula is C15H21BrFN. The molecule has 0 aliphatic heterocycles. The molecule has 0 heterocycles. The third kappa shape index (κ3) is 3.33. The Labute approximate surface area is 117 Å². The van der Waals surface area contributed by atoms with Crippen LogP contribution in [-0.4, -0.2) is 13.1 Å². The fourth-order valence-corrected chi connectivity index (χ4v) is 3.44. The van der Waals surface area contributed by atoms with Crippen molar-refractivity contribution in [3.05, 3.63) is 34.1 Å². The fourth-order valence-electron chi connectivity index (χ4n) is 3.01. The highest BCUT2D eigenvalue weighted by Crippen LogP contribution is 2.40. The van der Waals surface area contributed by atoms with Crippen LogP contribution < -0.4 is 5.32 Å². The molecule has 0 saturated heterocycles. The van der Waals surface area contributed by atoms with E-state index in [4.69, 9.17) is 0 Å². The summed E-state index contributed by atoms with van der Waals surface area (Å²) in [7, 11) is 0. The van der Waals surface area contributed by atoms with E-state index in [2.05, 4.69) is 28.2 Å². The van der Waals surface area contributed by atoms with Crippen LogP contribution in [-0.2, 0) is 6.42 Å². The first-order valence-electron chi connectivity index (χ1n) is 6.80. The molecule has 1 nitrogen and oxygen atoms in total. The maximum atomic E-state index is 13.3. The molecule has 1 aliphatic rings. The second kappa shape index (κ2) is 6.16. The molecule has 0 amide bonds. The molecule has 100 valence electrons. The van der Waals surface area contributed by atoms with Crippen LogP contribution in [0.25, 0.3) is 0 Å². The van der Waals surface area contributed by atoms with Gasteiger partial charge in [0.2, 0.25) is 0 Å². The quantitative estimate of drug-likeness (QED) is 0.854. The van der Waals surface area contributed by atoms with Gasteiger partial charge in [0.15, 0.2) is 0 Å². The minimum absolute atomic E-state index is 0.175. The summed E-state index contributed by atoms with van der Waals surface area (Å²) in [6.07, 6.45) is 6.28. The van der Waals surface area contributed by atoms with Crippen LogP contribution in [0.5, 0.6) is 0 Å². The Balaban J connectivity index is 2.10. The van der Waals surface area contributed by atoms with Crippen molar-refractivity contribution in [2.24, 2.45) is 5.41 Å². The molecule has 0 aromatic heterocycles. The molecule has 1 fully saturated rings. The van der Waals surface area contributed by atoms with E-state index in [1.54, 1.807) is 6.07 Å². The second-order valence-corrected chi connectivity index (χ2v) is 6.27. The van der Waals surface area contributed by atoms with Gasteiger partial charge >= 0.3 is 0 Å². The summed E-state index contributed by atoms with van der Waals surface area (Å²) in [4.78, 5) is 0. The molecular weight excluding hydrogens is 293 g/mol. The van der Waals surface area contributed by atoms with Crippen molar-refractivity contribution in [1.29, 1.82) is 0 Å². The molecule has 1 aromatic rings. The lowest BCUT2D eigenvalue weighted by Crippen LogP contribution is -2.33. The summed E-state index contributed by atoms with van der Waals surface area (Å²) in [5.74, 6) is -0.175. The number of benzene rings is 1. The predicted octanol–water partition coefficient (Wildman–Crippen LogP) is 4.30. The van der Waals surface area contributed by atoms with Gasteiger partial charge in [0.05, 0.1) is 4.47 Å². The van der Waals surface area contributed by atoms with Gasteiger partial charge in [0.1, 0.15) is 5.82 Å². The number of halogens is 2. The van der Waals surface area contributed by atoms with E-state index >= 15 is 0 Å². The van der Waals surface area contributed by atoms with Crippen molar-refractivity contribution in [3.63, 3.8) is 0 Å².